The summed E-state index contributed by atoms with van der Waals surface area (Å²) in [4.78, 5) is 50.1. The van der Waals surface area contributed by atoms with Crippen LogP contribution < -0.4 is 0 Å². The molecule has 8 rings (SSSR count). The first kappa shape index (κ1) is 29.1. The molecule has 0 radical (unpaired) electrons. The number of carbonyl (C=O) groups is 4. The second-order valence-corrected chi connectivity index (χ2v) is 14.0. The van der Waals surface area contributed by atoms with E-state index >= 15 is 0 Å². The first-order valence-electron chi connectivity index (χ1n) is 16.5. The molecule has 6 aliphatic rings. The van der Waals surface area contributed by atoms with E-state index in [1.165, 1.54) is 32.3 Å². The van der Waals surface area contributed by atoms with Gasteiger partial charge in [0.2, 0.25) is 0 Å². The molecule has 4 heterocycles. The SMILES string of the molecule is CC(=O)C1=C(O)c2c(C3CC3)ccn2C2(CCCCC2)C1=O.CC(=O)C1=C(O)c2cc(C3CC3)cn2C2(CCCCC2)C1=O. The van der Waals surface area contributed by atoms with Crippen LogP contribution >= 0.6 is 0 Å². The second-order valence-electron chi connectivity index (χ2n) is 14.0. The molecule has 4 aliphatic carbocycles. The van der Waals surface area contributed by atoms with Gasteiger partial charge >= 0.3 is 0 Å². The van der Waals surface area contributed by atoms with Crippen LogP contribution in [0.15, 0.2) is 35.7 Å². The van der Waals surface area contributed by atoms with Crippen LogP contribution in [-0.4, -0.2) is 42.5 Å². The Labute approximate surface area is 257 Å². The summed E-state index contributed by atoms with van der Waals surface area (Å²) < 4.78 is 3.98. The molecule has 8 nitrogen and oxygen atoms in total. The van der Waals surface area contributed by atoms with Gasteiger partial charge in [0.05, 0.1) is 11.4 Å². The van der Waals surface area contributed by atoms with Crippen molar-refractivity contribution < 1.29 is 29.4 Å². The van der Waals surface area contributed by atoms with Crippen molar-refractivity contribution in [1.29, 1.82) is 0 Å². The fourth-order valence-corrected chi connectivity index (χ4v) is 8.45. The van der Waals surface area contributed by atoms with E-state index in [1.807, 2.05) is 27.5 Å². The van der Waals surface area contributed by atoms with Crippen molar-refractivity contribution in [3.8, 4) is 0 Å². The predicted octanol–water partition coefficient (Wildman–Crippen LogP) is 6.93. The topological polar surface area (TPSA) is 119 Å². The average molecular weight is 599 g/mol. The van der Waals surface area contributed by atoms with Gasteiger partial charge in [0.25, 0.3) is 0 Å². The van der Waals surface area contributed by atoms with E-state index < -0.39 is 11.1 Å². The number of aromatic nitrogens is 2. The van der Waals surface area contributed by atoms with Crippen molar-refractivity contribution in [3.05, 3.63) is 58.2 Å². The highest BCUT2D eigenvalue weighted by molar-refractivity contribution is 6.27. The third-order valence-electron chi connectivity index (χ3n) is 11.1. The van der Waals surface area contributed by atoms with Crippen LogP contribution in [0.5, 0.6) is 0 Å². The van der Waals surface area contributed by atoms with Gasteiger partial charge in [0.1, 0.15) is 22.2 Å². The highest BCUT2D eigenvalue weighted by Gasteiger charge is 2.51. The van der Waals surface area contributed by atoms with Gasteiger partial charge in [-0.2, -0.15) is 0 Å². The summed E-state index contributed by atoms with van der Waals surface area (Å²) in [5.74, 6) is -0.191. The van der Waals surface area contributed by atoms with E-state index in [1.54, 1.807) is 0 Å². The summed E-state index contributed by atoms with van der Waals surface area (Å²) in [6.07, 6.45) is 17.9. The lowest BCUT2D eigenvalue weighted by atomic mass is 9.73. The molecule has 0 unspecified atom stereocenters. The highest BCUT2D eigenvalue weighted by atomic mass is 16.3. The molecule has 2 spiro atoms. The van der Waals surface area contributed by atoms with Crippen LogP contribution in [0.3, 0.4) is 0 Å². The third kappa shape index (κ3) is 4.31. The maximum atomic E-state index is 13.1. The maximum absolute atomic E-state index is 13.1. The fraction of sp³-hybridized carbons (Fsp3) is 0.556. The van der Waals surface area contributed by atoms with E-state index in [2.05, 4.69) is 6.20 Å². The van der Waals surface area contributed by atoms with Crippen LogP contribution in [0.2, 0.25) is 0 Å². The van der Waals surface area contributed by atoms with Crippen LogP contribution in [0.25, 0.3) is 11.5 Å². The molecule has 0 atom stereocenters. The number of Topliss-reactive ketones (excluding diaryl/α,β-unsaturated/α-hetero) is 4. The lowest BCUT2D eigenvalue weighted by Crippen LogP contribution is -2.48. The standard InChI is InChI=1S/2C18H21NO3/c1-11(20)14-16(21)15-13(12-5-6-12)7-10-19(15)18(17(14)22)8-3-2-4-9-18;1-11(20)15-16(21)14-9-13(12-5-6-12)10-19(14)18(17(15)22)7-3-2-4-8-18/h7,10,12,21H,2-6,8-9H2,1H3;9-10,12,21H,2-8H2,1H3. The van der Waals surface area contributed by atoms with Gasteiger partial charge in [0, 0.05) is 12.4 Å². The Hall–Kier alpha value is -3.68. The van der Waals surface area contributed by atoms with Gasteiger partial charge < -0.3 is 19.3 Å². The molecule has 2 aromatic heterocycles. The lowest BCUT2D eigenvalue weighted by molar-refractivity contribution is -0.129. The molecule has 232 valence electrons. The Morgan fingerprint density at radius 1 is 0.727 bits per heavy atom. The smallest absolute Gasteiger partial charge is 0.196 e. The zero-order chi connectivity index (χ0) is 31.0. The molecule has 0 aromatic carbocycles. The first-order chi connectivity index (χ1) is 21.1. The number of aliphatic hydroxyl groups excluding tert-OH is 2. The summed E-state index contributed by atoms with van der Waals surface area (Å²) in [6, 6.07) is 4.02. The first-order valence-corrected chi connectivity index (χ1v) is 16.5. The number of allylic oxidation sites excluding steroid dienone is 2. The van der Waals surface area contributed by atoms with Crippen molar-refractivity contribution in [2.45, 2.75) is 127 Å². The summed E-state index contributed by atoms with van der Waals surface area (Å²) in [6.45, 7) is 2.76. The third-order valence-corrected chi connectivity index (χ3v) is 11.1. The van der Waals surface area contributed by atoms with Gasteiger partial charge in [0.15, 0.2) is 34.7 Å². The van der Waals surface area contributed by atoms with E-state index in [0.29, 0.717) is 17.5 Å². The van der Waals surface area contributed by atoms with Crippen LogP contribution in [-0.2, 0) is 30.3 Å². The summed E-state index contributed by atoms with van der Waals surface area (Å²) >= 11 is 0. The fourth-order valence-electron chi connectivity index (χ4n) is 8.45. The van der Waals surface area contributed by atoms with Crippen LogP contribution in [0.1, 0.15) is 138 Å². The van der Waals surface area contributed by atoms with Gasteiger partial charge in [-0.25, -0.2) is 0 Å². The normalized spacial score (nSPS) is 23.8. The maximum Gasteiger partial charge on any atom is 0.196 e. The molecule has 0 saturated heterocycles. The number of hydrogen-bond donors (Lipinski definition) is 2. The van der Waals surface area contributed by atoms with E-state index in [9.17, 15) is 29.4 Å². The Balaban J connectivity index is 0.000000142. The Kier molecular flexibility index (Phi) is 6.90. The largest absolute Gasteiger partial charge is 0.505 e. The zero-order valence-corrected chi connectivity index (χ0v) is 25.8. The molecular weight excluding hydrogens is 556 g/mol. The number of rotatable bonds is 4. The number of nitrogens with zero attached hydrogens (tertiary/aromatic N) is 2. The van der Waals surface area contributed by atoms with Gasteiger partial charge in [-0.15, -0.1) is 0 Å². The molecular formula is C36H42N2O6. The van der Waals surface area contributed by atoms with Crippen molar-refractivity contribution in [2.75, 3.05) is 0 Å². The molecule has 4 saturated carbocycles. The number of fused-ring (bicyclic) bond motifs is 4. The minimum absolute atomic E-state index is 0.00912. The van der Waals surface area contributed by atoms with E-state index in [-0.39, 0.29) is 45.8 Å². The zero-order valence-electron chi connectivity index (χ0n) is 25.8. The van der Waals surface area contributed by atoms with Gasteiger partial charge in [-0.3, -0.25) is 19.2 Å². The molecule has 2 aromatic rings. The predicted molar refractivity (Wildman–Crippen MR) is 165 cm³/mol. The summed E-state index contributed by atoms with van der Waals surface area (Å²) in [5, 5.41) is 21.1. The lowest BCUT2D eigenvalue weighted by Gasteiger charge is -2.41. The number of hydrogen-bond acceptors (Lipinski definition) is 6. The molecule has 0 bridgehead atoms. The Morgan fingerprint density at radius 3 is 1.73 bits per heavy atom. The number of aliphatic hydroxyl groups is 2. The van der Waals surface area contributed by atoms with Crippen molar-refractivity contribution in [1.82, 2.24) is 9.13 Å². The molecule has 0 amide bonds. The minimum Gasteiger partial charge on any atom is -0.505 e. The molecule has 44 heavy (non-hydrogen) atoms. The summed E-state index contributed by atoms with van der Waals surface area (Å²) in [5.41, 5.74) is 2.44. The molecule has 2 aliphatic heterocycles. The quantitative estimate of drug-likeness (QED) is 0.369. The number of ketones is 4. The highest BCUT2D eigenvalue weighted by Crippen LogP contribution is 2.50. The Morgan fingerprint density at radius 2 is 1.23 bits per heavy atom. The van der Waals surface area contributed by atoms with Gasteiger partial charge in [-0.1, -0.05) is 38.5 Å². The average Bonchev–Trinajstić information content (AvgIpc) is 3.95. The number of carbonyl (C=O) groups excluding carboxylic acids is 4. The summed E-state index contributed by atoms with van der Waals surface area (Å²) in [7, 11) is 0. The minimum atomic E-state index is -0.645. The van der Waals surface area contributed by atoms with Crippen LogP contribution in [0, 0.1) is 0 Å². The van der Waals surface area contributed by atoms with Gasteiger partial charge in [-0.05, 0) is 100 Å². The molecule has 4 fully saturated rings. The Bertz CT molecular complexity index is 1630. The van der Waals surface area contributed by atoms with Crippen LogP contribution in [0.4, 0.5) is 0 Å². The van der Waals surface area contributed by atoms with E-state index in [0.717, 1.165) is 88.3 Å². The van der Waals surface area contributed by atoms with Crippen molar-refractivity contribution >= 4 is 34.7 Å². The van der Waals surface area contributed by atoms with Crippen molar-refractivity contribution in [3.63, 3.8) is 0 Å². The molecule has 2 N–H and O–H groups in total. The van der Waals surface area contributed by atoms with E-state index in [4.69, 9.17) is 0 Å². The monoisotopic (exact) mass is 598 g/mol. The van der Waals surface area contributed by atoms with Crippen molar-refractivity contribution in [2.24, 2.45) is 0 Å². The second kappa shape index (κ2) is 10.5. The molecule has 8 heteroatoms.